The lowest BCUT2D eigenvalue weighted by Crippen LogP contribution is -2.08. The number of phenolic OH excluding ortho intramolecular Hbond substituents is 1. The van der Waals surface area contributed by atoms with Crippen molar-refractivity contribution in [3.8, 4) is 23.7 Å². The molecule has 0 saturated carbocycles. The summed E-state index contributed by atoms with van der Waals surface area (Å²) in [6, 6.07) is 9.57. The van der Waals surface area contributed by atoms with E-state index in [-0.39, 0.29) is 23.7 Å². The average Bonchev–Trinajstić information content (AvgIpc) is 2.71. The molecule has 2 aromatic rings. The van der Waals surface area contributed by atoms with Gasteiger partial charge in [-0.1, -0.05) is 46.0 Å². The molecule has 0 unspecified atom stereocenters. The fourth-order valence-electron chi connectivity index (χ4n) is 2.55. The van der Waals surface area contributed by atoms with E-state index in [9.17, 15) is 23.1 Å². The lowest BCUT2D eigenvalue weighted by atomic mass is 9.96. The zero-order chi connectivity index (χ0) is 23.6. The standard InChI is InChI=1S/C22H18F3NO2.C3H8/c1-14(2)21(28)10-8-18-11-15(13-26)3-4-16(18)5-6-17-7-9-19(27)12-20(17)22(23,24)25;1-3-2/h3-4,7,9,11-12,14,27H,8,10H2,1-2H3;3H2,1-2H3. The van der Waals surface area contributed by atoms with Crippen LogP contribution in [-0.4, -0.2) is 10.9 Å². The number of aryl methyl sites for hydroxylation is 1. The molecule has 6 heteroatoms. The number of Topliss-reactive ketones (excluding diaryl/α,β-unsaturated/α-hetero) is 1. The highest BCUT2D eigenvalue weighted by atomic mass is 19.4. The van der Waals surface area contributed by atoms with Gasteiger partial charge in [-0.15, -0.1) is 0 Å². The topological polar surface area (TPSA) is 61.1 Å². The monoisotopic (exact) mass is 429 g/mol. The van der Waals surface area contributed by atoms with Crippen LogP contribution in [0.4, 0.5) is 13.2 Å². The molecule has 0 aliphatic rings. The summed E-state index contributed by atoms with van der Waals surface area (Å²) in [5, 5.41) is 18.4. The van der Waals surface area contributed by atoms with Gasteiger partial charge in [0.2, 0.25) is 0 Å². The van der Waals surface area contributed by atoms with Gasteiger partial charge in [-0.25, -0.2) is 0 Å². The maximum atomic E-state index is 13.2. The number of carbonyl (C=O) groups is 1. The van der Waals surface area contributed by atoms with Gasteiger partial charge in [-0.05, 0) is 48.4 Å². The molecule has 0 aromatic heterocycles. The first-order chi connectivity index (χ1) is 14.5. The van der Waals surface area contributed by atoms with Crippen molar-refractivity contribution in [1.29, 1.82) is 5.26 Å². The van der Waals surface area contributed by atoms with Gasteiger partial charge >= 0.3 is 6.18 Å². The first-order valence-corrected chi connectivity index (χ1v) is 10.0. The Kier molecular flexibility index (Phi) is 9.83. The number of aromatic hydroxyl groups is 1. The van der Waals surface area contributed by atoms with Gasteiger partial charge in [0.15, 0.2) is 0 Å². The van der Waals surface area contributed by atoms with Crippen molar-refractivity contribution in [2.24, 2.45) is 5.92 Å². The predicted octanol–water partition coefficient (Wildman–Crippen LogP) is 6.26. The van der Waals surface area contributed by atoms with E-state index in [2.05, 4.69) is 25.7 Å². The highest BCUT2D eigenvalue weighted by molar-refractivity contribution is 5.80. The van der Waals surface area contributed by atoms with Crippen LogP contribution < -0.4 is 0 Å². The first-order valence-electron chi connectivity index (χ1n) is 10.0. The second-order valence-corrected chi connectivity index (χ2v) is 7.29. The summed E-state index contributed by atoms with van der Waals surface area (Å²) in [6.45, 7) is 7.83. The Morgan fingerprint density at radius 1 is 1.06 bits per heavy atom. The molecule has 31 heavy (non-hydrogen) atoms. The summed E-state index contributed by atoms with van der Waals surface area (Å²) < 4.78 is 39.5. The van der Waals surface area contributed by atoms with Crippen molar-refractivity contribution in [1.82, 2.24) is 0 Å². The van der Waals surface area contributed by atoms with Crippen molar-refractivity contribution in [2.75, 3.05) is 0 Å². The van der Waals surface area contributed by atoms with Crippen molar-refractivity contribution >= 4 is 5.78 Å². The number of alkyl halides is 3. The van der Waals surface area contributed by atoms with Crippen LogP contribution in [0.25, 0.3) is 0 Å². The molecule has 2 rings (SSSR count). The molecule has 0 heterocycles. The first kappa shape index (κ1) is 25.8. The highest BCUT2D eigenvalue weighted by Gasteiger charge is 2.33. The van der Waals surface area contributed by atoms with Gasteiger partial charge in [-0.3, -0.25) is 4.79 Å². The average molecular weight is 429 g/mol. The third-order valence-electron chi connectivity index (χ3n) is 4.16. The Hall–Kier alpha value is -3.25. The largest absolute Gasteiger partial charge is 0.508 e. The molecular formula is C25H26F3NO2. The third-order valence-corrected chi connectivity index (χ3v) is 4.16. The number of benzene rings is 2. The van der Waals surface area contributed by atoms with Gasteiger partial charge in [0.05, 0.1) is 17.2 Å². The van der Waals surface area contributed by atoms with Gasteiger partial charge in [0, 0.05) is 23.5 Å². The Labute approximate surface area is 181 Å². The molecule has 0 spiro atoms. The van der Waals surface area contributed by atoms with Crippen molar-refractivity contribution in [2.45, 2.75) is 53.1 Å². The number of carbonyl (C=O) groups excluding carboxylic acids is 1. The SMILES string of the molecule is CC(C)C(=O)CCc1cc(C#N)ccc1C#Cc1ccc(O)cc1C(F)(F)F.CCC. The molecule has 0 aliphatic carbocycles. The summed E-state index contributed by atoms with van der Waals surface area (Å²) in [6.07, 6.45) is -2.80. The van der Waals surface area contributed by atoms with Crippen LogP contribution >= 0.6 is 0 Å². The minimum Gasteiger partial charge on any atom is -0.508 e. The molecule has 0 atom stereocenters. The number of halogens is 3. The fraction of sp³-hybridized carbons (Fsp3) is 0.360. The summed E-state index contributed by atoms with van der Waals surface area (Å²) >= 11 is 0. The van der Waals surface area contributed by atoms with Gasteiger partial charge < -0.3 is 5.11 Å². The molecule has 0 fully saturated rings. The number of rotatable bonds is 4. The highest BCUT2D eigenvalue weighted by Crippen LogP contribution is 2.33. The third kappa shape index (κ3) is 8.18. The molecule has 0 radical (unpaired) electrons. The van der Waals surface area contributed by atoms with Gasteiger partial charge in [0.1, 0.15) is 11.5 Å². The lowest BCUT2D eigenvalue weighted by Gasteiger charge is -2.09. The van der Waals surface area contributed by atoms with Crippen molar-refractivity contribution in [3.05, 3.63) is 64.2 Å². The smallest absolute Gasteiger partial charge is 0.417 e. The summed E-state index contributed by atoms with van der Waals surface area (Å²) in [5.41, 5.74) is 0.187. The van der Waals surface area contributed by atoms with E-state index >= 15 is 0 Å². The Balaban J connectivity index is 0.00000151. The predicted molar refractivity (Wildman–Crippen MR) is 114 cm³/mol. The Morgan fingerprint density at radius 2 is 1.65 bits per heavy atom. The number of nitrogens with zero attached hydrogens (tertiary/aromatic N) is 1. The number of hydrogen-bond donors (Lipinski definition) is 1. The quantitative estimate of drug-likeness (QED) is 0.584. The second kappa shape index (κ2) is 11.8. The van der Waals surface area contributed by atoms with Crippen LogP contribution in [-0.2, 0) is 17.4 Å². The Bertz CT molecular complexity index is 1010. The molecular weight excluding hydrogens is 403 g/mol. The number of nitriles is 1. The van der Waals surface area contributed by atoms with Crippen molar-refractivity contribution < 1.29 is 23.1 Å². The summed E-state index contributed by atoms with van der Waals surface area (Å²) in [5.74, 6) is 4.65. The van der Waals surface area contributed by atoms with Crippen LogP contribution in [0, 0.1) is 29.1 Å². The van der Waals surface area contributed by atoms with Crippen LogP contribution in [0.15, 0.2) is 36.4 Å². The van der Waals surface area contributed by atoms with Gasteiger partial charge in [-0.2, -0.15) is 18.4 Å². The number of hydrogen-bond acceptors (Lipinski definition) is 3. The van der Waals surface area contributed by atoms with E-state index in [1.807, 2.05) is 6.07 Å². The fourth-order valence-corrected chi connectivity index (χ4v) is 2.55. The zero-order valence-corrected chi connectivity index (χ0v) is 18.1. The molecule has 0 aliphatic heterocycles. The second-order valence-electron chi connectivity index (χ2n) is 7.29. The minimum absolute atomic E-state index is 0.0548. The Morgan fingerprint density at radius 3 is 2.19 bits per heavy atom. The lowest BCUT2D eigenvalue weighted by molar-refractivity contribution is -0.137. The van der Waals surface area contributed by atoms with E-state index < -0.39 is 17.5 Å². The van der Waals surface area contributed by atoms with E-state index in [0.717, 1.165) is 12.1 Å². The number of ketones is 1. The molecule has 0 saturated heterocycles. The van der Waals surface area contributed by atoms with Crippen molar-refractivity contribution in [3.63, 3.8) is 0 Å². The molecule has 2 aromatic carbocycles. The van der Waals surface area contributed by atoms with E-state index in [1.165, 1.54) is 12.5 Å². The van der Waals surface area contributed by atoms with E-state index in [0.29, 0.717) is 29.2 Å². The van der Waals surface area contributed by atoms with Crippen LogP contribution in [0.5, 0.6) is 5.75 Å². The van der Waals surface area contributed by atoms with E-state index in [4.69, 9.17) is 5.26 Å². The van der Waals surface area contributed by atoms with Crippen LogP contribution in [0.3, 0.4) is 0 Å². The maximum absolute atomic E-state index is 13.2. The molecule has 1 N–H and O–H groups in total. The summed E-state index contributed by atoms with van der Waals surface area (Å²) in [4.78, 5) is 11.9. The summed E-state index contributed by atoms with van der Waals surface area (Å²) in [7, 11) is 0. The maximum Gasteiger partial charge on any atom is 0.417 e. The zero-order valence-electron chi connectivity index (χ0n) is 18.1. The van der Waals surface area contributed by atoms with Gasteiger partial charge in [0.25, 0.3) is 0 Å². The molecule has 3 nitrogen and oxygen atoms in total. The number of phenols is 1. The molecule has 164 valence electrons. The van der Waals surface area contributed by atoms with E-state index in [1.54, 1.807) is 26.0 Å². The molecule has 0 amide bonds. The van der Waals surface area contributed by atoms with Crippen LogP contribution in [0.1, 0.15) is 68.4 Å². The van der Waals surface area contributed by atoms with Crippen LogP contribution in [0.2, 0.25) is 0 Å². The minimum atomic E-state index is -4.65. The normalized spacial score (nSPS) is 10.4. The molecule has 0 bridgehead atoms.